The fourth-order valence-electron chi connectivity index (χ4n) is 0.872. The molecule has 12 heavy (non-hydrogen) atoms. The molecular formula is C8H15NO3. The first-order chi connectivity index (χ1) is 5.37. The number of nitrogens with zero attached hydrogens (tertiary/aromatic N) is 1. The Balaban J connectivity index is 4.52. The number of carbonyl (C=O) groups excluding carboxylic acids is 1. The molecule has 0 rings (SSSR count). The van der Waals surface area contributed by atoms with E-state index in [9.17, 15) is 4.79 Å². The summed E-state index contributed by atoms with van der Waals surface area (Å²) in [7, 11) is 0. The van der Waals surface area contributed by atoms with Crippen LogP contribution < -0.4 is 0 Å². The molecular weight excluding hydrogens is 158 g/mol. The van der Waals surface area contributed by atoms with Gasteiger partial charge in [0.2, 0.25) is 0 Å². The highest BCUT2D eigenvalue weighted by Crippen LogP contribution is 2.06. The summed E-state index contributed by atoms with van der Waals surface area (Å²) in [5.41, 5.74) is 0.289. The third-order valence-corrected chi connectivity index (χ3v) is 1.40. The number of rotatable bonds is 3. The highest BCUT2D eigenvalue weighted by molar-refractivity contribution is 5.92. The van der Waals surface area contributed by atoms with Crippen molar-refractivity contribution < 1.29 is 15.0 Å². The van der Waals surface area contributed by atoms with Gasteiger partial charge in [-0.25, -0.2) is 0 Å². The lowest BCUT2D eigenvalue weighted by Crippen LogP contribution is -2.44. The molecule has 0 aromatic carbocycles. The van der Waals surface area contributed by atoms with Crippen LogP contribution in [0, 0.1) is 0 Å². The van der Waals surface area contributed by atoms with Crippen molar-refractivity contribution in [1.29, 1.82) is 0 Å². The van der Waals surface area contributed by atoms with E-state index in [1.54, 1.807) is 0 Å². The van der Waals surface area contributed by atoms with E-state index in [0.717, 1.165) is 4.90 Å². The molecule has 2 N–H and O–H groups in total. The third-order valence-electron chi connectivity index (χ3n) is 1.40. The average molecular weight is 173 g/mol. The molecule has 0 heterocycles. The van der Waals surface area contributed by atoms with Crippen molar-refractivity contribution in [3.05, 3.63) is 12.2 Å². The number of amides is 1. The molecule has 0 fully saturated rings. The van der Waals surface area contributed by atoms with Gasteiger partial charge in [-0.3, -0.25) is 9.69 Å². The normalized spacial score (nSPS) is 15.1. The minimum absolute atomic E-state index is 0.289. The van der Waals surface area contributed by atoms with E-state index >= 15 is 0 Å². The van der Waals surface area contributed by atoms with Crippen molar-refractivity contribution in [1.82, 2.24) is 4.90 Å². The highest BCUT2D eigenvalue weighted by atomic mass is 16.3. The van der Waals surface area contributed by atoms with Crippen LogP contribution in [0.5, 0.6) is 0 Å². The number of hydrogen-bond acceptors (Lipinski definition) is 3. The number of hydrogen-bond donors (Lipinski definition) is 2. The summed E-state index contributed by atoms with van der Waals surface area (Å²) in [6, 6.07) is 0. The summed E-state index contributed by atoms with van der Waals surface area (Å²) in [5, 5.41) is 18.2. The van der Waals surface area contributed by atoms with E-state index in [4.69, 9.17) is 10.2 Å². The molecule has 4 nitrogen and oxygen atoms in total. The topological polar surface area (TPSA) is 60.8 Å². The number of carbonyl (C=O) groups is 1. The van der Waals surface area contributed by atoms with Gasteiger partial charge in [0.1, 0.15) is 12.5 Å². The summed E-state index contributed by atoms with van der Waals surface area (Å²) in [4.78, 5) is 12.2. The summed E-state index contributed by atoms with van der Waals surface area (Å²) in [6.07, 6.45) is -2.01. The zero-order valence-corrected chi connectivity index (χ0v) is 7.61. The second-order valence-corrected chi connectivity index (χ2v) is 2.76. The highest BCUT2D eigenvalue weighted by Gasteiger charge is 2.22. The summed E-state index contributed by atoms with van der Waals surface area (Å²) in [5.74, 6) is -0.444. The predicted molar refractivity (Wildman–Crippen MR) is 45.0 cm³/mol. The van der Waals surface area contributed by atoms with E-state index in [1.807, 2.05) is 0 Å². The van der Waals surface area contributed by atoms with Gasteiger partial charge in [-0.05, 0) is 20.8 Å². The maximum absolute atomic E-state index is 11.2. The van der Waals surface area contributed by atoms with E-state index in [0.29, 0.717) is 0 Å². The van der Waals surface area contributed by atoms with Gasteiger partial charge < -0.3 is 10.2 Å². The standard InChI is InChI=1S/C8H15NO3/c1-5(2)8(12)9(6(3)10)7(4)11/h6-7,10-11H,1H2,2-4H3. The third kappa shape index (κ3) is 2.64. The van der Waals surface area contributed by atoms with Crippen molar-refractivity contribution in [3.8, 4) is 0 Å². The van der Waals surface area contributed by atoms with Crippen LogP contribution in [0.4, 0.5) is 0 Å². The summed E-state index contributed by atoms with van der Waals surface area (Å²) >= 11 is 0. The van der Waals surface area contributed by atoms with Gasteiger partial charge in [0.15, 0.2) is 0 Å². The summed E-state index contributed by atoms with van der Waals surface area (Å²) in [6.45, 7) is 7.78. The van der Waals surface area contributed by atoms with E-state index < -0.39 is 18.4 Å². The van der Waals surface area contributed by atoms with Crippen LogP contribution in [0.25, 0.3) is 0 Å². The molecule has 0 saturated heterocycles. The number of aliphatic hydroxyl groups excluding tert-OH is 2. The Hall–Kier alpha value is -0.870. The monoisotopic (exact) mass is 173 g/mol. The molecule has 0 aliphatic rings. The Labute approximate surface area is 72.1 Å². The van der Waals surface area contributed by atoms with Crippen molar-refractivity contribution in [3.63, 3.8) is 0 Å². The van der Waals surface area contributed by atoms with Gasteiger partial charge in [-0.2, -0.15) is 0 Å². The molecule has 4 heteroatoms. The first-order valence-corrected chi connectivity index (χ1v) is 3.72. The Morgan fingerprint density at radius 1 is 1.33 bits per heavy atom. The van der Waals surface area contributed by atoms with Crippen LogP contribution in [-0.4, -0.2) is 33.5 Å². The zero-order chi connectivity index (χ0) is 9.89. The quantitative estimate of drug-likeness (QED) is 0.469. The van der Waals surface area contributed by atoms with E-state index in [-0.39, 0.29) is 5.57 Å². The van der Waals surface area contributed by atoms with Crippen LogP contribution >= 0.6 is 0 Å². The van der Waals surface area contributed by atoms with Crippen LogP contribution in [0.3, 0.4) is 0 Å². The minimum Gasteiger partial charge on any atom is -0.374 e. The molecule has 0 aliphatic carbocycles. The average Bonchev–Trinajstić information content (AvgIpc) is 1.85. The Morgan fingerprint density at radius 2 is 1.67 bits per heavy atom. The fourth-order valence-corrected chi connectivity index (χ4v) is 0.872. The van der Waals surface area contributed by atoms with Crippen LogP contribution in [0.2, 0.25) is 0 Å². The van der Waals surface area contributed by atoms with Crippen molar-refractivity contribution in [2.45, 2.75) is 33.2 Å². The second-order valence-electron chi connectivity index (χ2n) is 2.76. The van der Waals surface area contributed by atoms with Crippen LogP contribution in [0.1, 0.15) is 20.8 Å². The maximum Gasteiger partial charge on any atom is 0.252 e. The molecule has 2 unspecified atom stereocenters. The van der Waals surface area contributed by atoms with Gasteiger partial charge in [0.05, 0.1) is 0 Å². The van der Waals surface area contributed by atoms with Crippen molar-refractivity contribution in [2.24, 2.45) is 0 Å². The lowest BCUT2D eigenvalue weighted by molar-refractivity contribution is -0.151. The molecule has 0 saturated carbocycles. The Bertz CT molecular complexity index is 179. The van der Waals surface area contributed by atoms with Crippen molar-refractivity contribution in [2.75, 3.05) is 0 Å². The van der Waals surface area contributed by atoms with Gasteiger partial charge in [0.25, 0.3) is 5.91 Å². The van der Waals surface area contributed by atoms with E-state index in [2.05, 4.69) is 6.58 Å². The maximum atomic E-state index is 11.2. The molecule has 0 aliphatic heterocycles. The van der Waals surface area contributed by atoms with Crippen molar-refractivity contribution >= 4 is 5.91 Å². The lowest BCUT2D eigenvalue weighted by Gasteiger charge is -2.28. The Morgan fingerprint density at radius 3 is 1.75 bits per heavy atom. The smallest absolute Gasteiger partial charge is 0.252 e. The Kier molecular flexibility index (Phi) is 3.92. The first kappa shape index (κ1) is 11.1. The molecule has 2 atom stereocenters. The minimum atomic E-state index is -1.01. The molecule has 70 valence electrons. The van der Waals surface area contributed by atoms with Gasteiger partial charge >= 0.3 is 0 Å². The van der Waals surface area contributed by atoms with Gasteiger partial charge in [-0.1, -0.05) is 6.58 Å². The predicted octanol–water partition coefficient (Wildman–Crippen LogP) is 0.0677. The largest absolute Gasteiger partial charge is 0.374 e. The molecule has 0 spiro atoms. The SMILES string of the molecule is C=C(C)C(=O)N(C(C)O)C(C)O. The number of aliphatic hydroxyl groups is 2. The molecule has 0 aromatic heterocycles. The zero-order valence-electron chi connectivity index (χ0n) is 7.61. The molecule has 1 amide bonds. The van der Waals surface area contributed by atoms with Crippen LogP contribution in [0.15, 0.2) is 12.2 Å². The van der Waals surface area contributed by atoms with E-state index in [1.165, 1.54) is 20.8 Å². The fraction of sp³-hybridized carbons (Fsp3) is 0.625. The first-order valence-electron chi connectivity index (χ1n) is 3.72. The molecule has 0 radical (unpaired) electrons. The summed E-state index contributed by atoms with van der Waals surface area (Å²) < 4.78 is 0. The molecule has 0 bridgehead atoms. The molecule has 0 aromatic rings. The second kappa shape index (κ2) is 4.23. The van der Waals surface area contributed by atoms with Gasteiger partial charge in [0, 0.05) is 5.57 Å². The lowest BCUT2D eigenvalue weighted by atomic mass is 10.3. The van der Waals surface area contributed by atoms with Crippen LogP contribution in [-0.2, 0) is 4.79 Å². The van der Waals surface area contributed by atoms with Gasteiger partial charge in [-0.15, -0.1) is 0 Å².